The van der Waals surface area contributed by atoms with Crippen molar-refractivity contribution in [2.24, 2.45) is 0 Å². The topological polar surface area (TPSA) is 70.6 Å². The Labute approximate surface area is 173 Å². The summed E-state index contributed by atoms with van der Waals surface area (Å²) in [4.78, 5) is 25.8. The Morgan fingerprint density at radius 3 is 2.55 bits per heavy atom. The monoisotopic (exact) mass is 397 g/mol. The number of aryl methyl sites for hydroxylation is 1. The number of anilines is 2. The molecule has 0 aliphatic carbocycles. The zero-order chi connectivity index (χ0) is 20.9. The molecule has 0 saturated carbocycles. The van der Waals surface area contributed by atoms with Crippen LogP contribution in [0.1, 0.15) is 32.9 Å². The first-order valence-corrected chi connectivity index (χ1v) is 10.1. The summed E-state index contributed by atoms with van der Waals surface area (Å²) in [6.45, 7) is 10.0. The number of nitrogens with one attached hydrogen (secondary N) is 1. The van der Waals surface area contributed by atoms with E-state index >= 15 is 0 Å². The molecule has 3 heterocycles. The molecule has 1 N–H and O–H groups in total. The van der Waals surface area contributed by atoms with E-state index in [0.29, 0.717) is 24.5 Å². The van der Waals surface area contributed by atoms with Gasteiger partial charge in [0.05, 0.1) is 11.9 Å². The highest BCUT2D eigenvalue weighted by atomic mass is 16.5. The number of carbonyl (C=O) groups excluding carboxylic acids is 1. The quantitative estimate of drug-likeness (QED) is 0.808. The molecular formula is C22H31N5O2. The van der Waals surface area contributed by atoms with E-state index in [1.54, 1.807) is 0 Å². The van der Waals surface area contributed by atoms with Crippen LogP contribution in [0, 0.1) is 0 Å². The molecule has 2 aromatic rings. The number of hydrogen-bond donors (Lipinski definition) is 1. The molecule has 0 unspecified atom stereocenters. The lowest BCUT2D eigenvalue weighted by atomic mass is 10.2. The molecule has 2 aromatic heterocycles. The van der Waals surface area contributed by atoms with E-state index in [1.165, 1.54) is 0 Å². The number of pyridine rings is 2. The number of nitrogens with zero attached hydrogens (tertiary/aromatic N) is 4. The van der Waals surface area contributed by atoms with E-state index in [2.05, 4.69) is 32.1 Å². The molecule has 29 heavy (non-hydrogen) atoms. The maximum atomic E-state index is 12.3. The summed E-state index contributed by atoms with van der Waals surface area (Å²) >= 11 is 0. The molecule has 1 fully saturated rings. The third kappa shape index (κ3) is 6.71. The van der Waals surface area contributed by atoms with E-state index in [1.807, 2.05) is 57.3 Å². The van der Waals surface area contributed by atoms with Gasteiger partial charge >= 0.3 is 0 Å². The van der Waals surface area contributed by atoms with Crippen LogP contribution in [0.15, 0.2) is 36.5 Å². The molecule has 7 heteroatoms. The van der Waals surface area contributed by atoms with Crippen LogP contribution in [-0.2, 0) is 11.2 Å². The van der Waals surface area contributed by atoms with Crippen LogP contribution >= 0.6 is 0 Å². The van der Waals surface area contributed by atoms with Crippen molar-refractivity contribution in [2.75, 3.05) is 43.4 Å². The Bertz CT molecular complexity index is 809. The van der Waals surface area contributed by atoms with Gasteiger partial charge in [-0.1, -0.05) is 6.07 Å². The van der Waals surface area contributed by atoms with Crippen molar-refractivity contribution < 1.29 is 9.53 Å². The van der Waals surface area contributed by atoms with Crippen molar-refractivity contribution in [1.82, 2.24) is 14.9 Å². The lowest BCUT2D eigenvalue weighted by Gasteiger charge is -2.33. The smallest absolute Gasteiger partial charge is 0.225 e. The van der Waals surface area contributed by atoms with Gasteiger partial charge in [-0.3, -0.25) is 4.79 Å². The molecule has 0 radical (unpaired) electrons. The van der Waals surface area contributed by atoms with E-state index in [-0.39, 0.29) is 11.5 Å². The number of amides is 1. The van der Waals surface area contributed by atoms with Crippen LogP contribution in [0.5, 0.6) is 5.88 Å². The molecule has 0 bridgehead atoms. The second-order valence-corrected chi connectivity index (χ2v) is 8.42. The van der Waals surface area contributed by atoms with Crippen LogP contribution < -0.4 is 15.0 Å². The van der Waals surface area contributed by atoms with Crippen LogP contribution in [0.4, 0.5) is 11.5 Å². The molecule has 0 spiro atoms. The third-order valence-electron chi connectivity index (χ3n) is 4.68. The maximum absolute atomic E-state index is 12.3. The Morgan fingerprint density at radius 2 is 1.90 bits per heavy atom. The van der Waals surface area contributed by atoms with Gasteiger partial charge < -0.3 is 19.9 Å². The van der Waals surface area contributed by atoms with E-state index in [4.69, 9.17) is 4.74 Å². The van der Waals surface area contributed by atoms with Crippen molar-refractivity contribution in [2.45, 2.75) is 39.2 Å². The fraction of sp³-hybridized carbons (Fsp3) is 0.500. The number of ether oxygens (including phenoxy) is 1. The number of rotatable bonds is 6. The number of aromatic nitrogens is 2. The second kappa shape index (κ2) is 9.22. The van der Waals surface area contributed by atoms with Gasteiger partial charge in [-0.15, -0.1) is 0 Å². The lowest BCUT2D eigenvalue weighted by molar-refractivity contribution is -0.116. The lowest BCUT2D eigenvalue weighted by Crippen LogP contribution is -2.44. The predicted molar refractivity (Wildman–Crippen MR) is 116 cm³/mol. The first-order valence-electron chi connectivity index (χ1n) is 10.1. The molecule has 156 valence electrons. The minimum absolute atomic E-state index is 0.0752. The van der Waals surface area contributed by atoms with Gasteiger partial charge in [0.2, 0.25) is 11.8 Å². The van der Waals surface area contributed by atoms with Gasteiger partial charge in [0.1, 0.15) is 11.4 Å². The Morgan fingerprint density at radius 1 is 1.14 bits per heavy atom. The van der Waals surface area contributed by atoms with Crippen LogP contribution in [-0.4, -0.2) is 59.6 Å². The number of likely N-dealkylation sites (N-methyl/N-ethyl adjacent to an activating group) is 1. The average Bonchev–Trinajstić information content (AvgIpc) is 2.67. The molecule has 1 aliphatic heterocycles. The van der Waals surface area contributed by atoms with E-state index in [0.717, 1.165) is 37.6 Å². The number of carbonyl (C=O) groups is 1. The van der Waals surface area contributed by atoms with Crippen LogP contribution in [0.3, 0.4) is 0 Å². The van der Waals surface area contributed by atoms with Gasteiger partial charge in [0, 0.05) is 44.4 Å². The molecule has 1 aliphatic rings. The highest BCUT2D eigenvalue weighted by Gasteiger charge is 2.15. The van der Waals surface area contributed by atoms with Gasteiger partial charge in [-0.25, -0.2) is 9.97 Å². The molecular weight excluding hydrogens is 366 g/mol. The first-order chi connectivity index (χ1) is 13.8. The fourth-order valence-corrected chi connectivity index (χ4v) is 3.13. The van der Waals surface area contributed by atoms with Gasteiger partial charge in [0.25, 0.3) is 0 Å². The van der Waals surface area contributed by atoms with Crippen LogP contribution in [0.25, 0.3) is 0 Å². The highest BCUT2D eigenvalue weighted by molar-refractivity contribution is 5.89. The van der Waals surface area contributed by atoms with Crippen molar-refractivity contribution in [3.63, 3.8) is 0 Å². The maximum Gasteiger partial charge on any atom is 0.225 e. The standard InChI is InChI=1S/C22H31N5O2/c1-22(2,3)29-21-7-5-6-17(24-21)8-11-20(28)25-19-10-9-18(16-23-19)27-14-12-26(4)13-15-27/h5-7,9-10,16H,8,11-15H2,1-4H3,(H,23,25,28). The Balaban J connectivity index is 1.49. The van der Waals surface area contributed by atoms with Gasteiger partial charge in [-0.05, 0) is 52.4 Å². The summed E-state index contributed by atoms with van der Waals surface area (Å²) in [5.74, 6) is 1.08. The summed E-state index contributed by atoms with van der Waals surface area (Å²) in [6.07, 6.45) is 2.72. The minimum Gasteiger partial charge on any atom is -0.472 e. The minimum atomic E-state index is -0.301. The van der Waals surface area contributed by atoms with Crippen LogP contribution in [0.2, 0.25) is 0 Å². The highest BCUT2D eigenvalue weighted by Crippen LogP contribution is 2.18. The Kier molecular flexibility index (Phi) is 6.69. The summed E-state index contributed by atoms with van der Waals surface area (Å²) in [7, 11) is 2.14. The molecule has 7 nitrogen and oxygen atoms in total. The van der Waals surface area contributed by atoms with Crippen molar-refractivity contribution >= 4 is 17.4 Å². The zero-order valence-corrected chi connectivity index (χ0v) is 17.8. The SMILES string of the molecule is CN1CCN(c2ccc(NC(=O)CCc3cccc(OC(C)(C)C)n3)nc2)CC1. The van der Waals surface area contributed by atoms with Gasteiger partial charge in [-0.2, -0.15) is 0 Å². The van der Waals surface area contributed by atoms with Gasteiger partial charge in [0.15, 0.2) is 0 Å². The number of hydrogen-bond acceptors (Lipinski definition) is 6. The summed E-state index contributed by atoms with van der Waals surface area (Å²) in [6, 6.07) is 9.52. The van der Waals surface area contributed by atoms with E-state index in [9.17, 15) is 4.79 Å². The molecule has 1 saturated heterocycles. The first kappa shape index (κ1) is 21.0. The third-order valence-corrected chi connectivity index (χ3v) is 4.68. The molecule has 0 atom stereocenters. The van der Waals surface area contributed by atoms with Crippen molar-refractivity contribution in [3.05, 3.63) is 42.2 Å². The summed E-state index contributed by atoms with van der Waals surface area (Å²) in [5, 5.41) is 2.87. The van der Waals surface area contributed by atoms with E-state index < -0.39 is 0 Å². The number of piperazine rings is 1. The summed E-state index contributed by atoms with van der Waals surface area (Å²) in [5.41, 5.74) is 1.63. The average molecular weight is 398 g/mol. The largest absolute Gasteiger partial charge is 0.472 e. The second-order valence-electron chi connectivity index (χ2n) is 8.42. The normalized spacial score (nSPS) is 15.2. The predicted octanol–water partition coefficient (Wildman–Crippen LogP) is 2.98. The molecule has 3 rings (SSSR count). The molecule has 0 aromatic carbocycles. The fourth-order valence-electron chi connectivity index (χ4n) is 3.13. The molecule has 1 amide bonds. The van der Waals surface area contributed by atoms with Crippen molar-refractivity contribution in [3.8, 4) is 5.88 Å². The summed E-state index contributed by atoms with van der Waals surface area (Å²) < 4.78 is 5.78. The van der Waals surface area contributed by atoms with Crippen molar-refractivity contribution in [1.29, 1.82) is 0 Å². The zero-order valence-electron chi connectivity index (χ0n) is 17.8. The Hall–Kier alpha value is -2.67.